The molecule has 0 aromatic carbocycles. The molecule has 0 unspecified atom stereocenters. The number of aromatic nitrogens is 4. The van der Waals surface area contributed by atoms with Crippen molar-refractivity contribution in [3.8, 4) is 11.3 Å². The minimum Gasteiger partial charge on any atom is -0.256 e. The lowest BCUT2D eigenvalue weighted by molar-refractivity contribution is 0.936. The molecule has 3 rings (SSSR count). The Kier molecular flexibility index (Phi) is 2.18. The molecule has 78 valence electrons. The second kappa shape index (κ2) is 3.68. The molecule has 0 bridgehead atoms. The quantitative estimate of drug-likeness (QED) is 0.641. The smallest absolute Gasteiger partial charge is 0.157 e. The standard InChI is InChI=1S/C11H7BrN4/c12-10-5-8(9-3-1-2-4-13-9)6-11-14-7-15-16(10)11/h1-7H. The fourth-order valence-electron chi connectivity index (χ4n) is 1.57. The molecule has 0 saturated carbocycles. The second-order valence-corrected chi connectivity index (χ2v) is 4.12. The van der Waals surface area contributed by atoms with Crippen molar-refractivity contribution in [2.45, 2.75) is 0 Å². The molecule has 5 heteroatoms. The molecular weight excluding hydrogens is 268 g/mol. The van der Waals surface area contributed by atoms with E-state index in [4.69, 9.17) is 0 Å². The zero-order valence-corrected chi connectivity index (χ0v) is 9.79. The van der Waals surface area contributed by atoms with Crippen LogP contribution in [0.25, 0.3) is 16.9 Å². The molecule has 3 heterocycles. The zero-order chi connectivity index (χ0) is 11.0. The van der Waals surface area contributed by atoms with Gasteiger partial charge in [-0.15, -0.1) is 0 Å². The summed E-state index contributed by atoms with van der Waals surface area (Å²) in [5.41, 5.74) is 2.75. The lowest BCUT2D eigenvalue weighted by Crippen LogP contribution is -1.91. The van der Waals surface area contributed by atoms with E-state index in [0.29, 0.717) is 0 Å². The Labute approximate surface area is 100 Å². The SMILES string of the molecule is Brc1cc(-c2ccccn2)cc2ncnn12. The molecule has 0 aliphatic heterocycles. The van der Waals surface area contributed by atoms with Crippen LogP contribution < -0.4 is 0 Å². The molecule has 0 saturated heterocycles. The Hall–Kier alpha value is -1.75. The Bertz CT molecular complexity index is 633. The molecule has 0 N–H and O–H groups in total. The fraction of sp³-hybridized carbons (Fsp3) is 0. The van der Waals surface area contributed by atoms with Crippen molar-refractivity contribution in [1.82, 2.24) is 19.6 Å². The third kappa shape index (κ3) is 1.49. The Morgan fingerprint density at radius 2 is 2.06 bits per heavy atom. The monoisotopic (exact) mass is 274 g/mol. The zero-order valence-electron chi connectivity index (χ0n) is 8.21. The number of fused-ring (bicyclic) bond motifs is 1. The van der Waals surface area contributed by atoms with Gasteiger partial charge in [-0.3, -0.25) is 4.98 Å². The first-order chi connectivity index (χ1) is 7.84. The fourth-order valence-corrected chi connectivity index (χ4v) is 2.08. The Morgan fingerprint density at radius 3 is 2.88 bits per heavy atom. The van der Waals surface area contributed by atoms with Crippen molar-refractivity contribution in [3.05, 3.63) is 47.5 Å². The normalized spacial score (nSPS) is 10.8. The van der Waals surface area contributed by atoms with Crippen molar-refractivity contribution in [3.63, 3.8) is 0 Å². The molecule has 0 amide bonds. The van der Waals surface area contributed by atoms with Gasteiger partial charge in [-0.2, -0.15) is 5.10 Å². The largest absolute Gasteiger partial charge is 0.256 e. The van der Waals surface area contributed by atoms with E-state index >= 15 is 0 Å². The van der Waals surface area contributed by atoms with Crippen molar-refractivity contribution in [1.29, 1.82) is 0 Å². The first-order valence-corrected chi connectivity index (χ1v) is 5.54. The van der Waals surface area contributed by atoms with Crippen LogP contribution in [0, 0.1) is 0 Å². The molecule has 0 aliphatic carbocycles. The lowest BCUT2D eigenvalue weighted by atomic mass is 10.2. The van der Waals surface area contributed by atoms with Gasteiger partial charge in [-0.1, -0.05) is 6.07 Å². The number of nitrogens with zero attached hydrogens (tertiary/aromatic N) is 4. The van der Waals surface area contributed by atoms with Crippen LogP contribution in [0.1, 0.15) is 0 Å². The first-order valence-electron chi connectivity index (χ1n) is 4.75. The van der Waals surface area contributed by atoms with Gasteiger partial charge in [0.1, 0.15) is 10.9 Å². The topological polar surface area (TPSA) is 43.1 Å². The maximum atomic E-state index is 4.30. The van der Waals surface area contributed by atoms with E-state index in [1.165, 1.54) is 6.33 Å². The minimum absolute atomic E-state index is 0.801. The number of halogens is 1. The van der Waals surface area contributed by atoms with Crippen molar-refractivity contribution < 1.29 is 0 Å². The van der Waals surface area contributed by atoms with Crippen LogP contribution in [0.4, 0.5) is 0 Å². The van der Waals surface area contributed by atoms with Crippen LogP contribution in [0.3, 0.4) is 0 Å². The third-order valence-corrected chi connectivity index (χ3v) is 2.86. The van der Waals surface area contributed by atoms with E-state index in [2.05, 4.69) is 31.0 Å². The third-order valence-electron chi connectivity index (χ3n) is 2.30. The first kappa shape index (κ1) is 9.47. The predicted molar refractivity (Wildman–Crippen MR) is 63.9 cm³/mol. The van der Waals surface area contributed by atoms with Crippen LogP contribution in [0.15, 0.2) is 47.5 Å². The molecule has 0 atom stereocenters. The molecule has 0 fully saturated rings. The number of pyridine rings is 2. The van der Waals surface area contributed by atoms with Gasteiger partial charge in [-0.05, 0) is 40.2 Å². The Morgan fingerprint density at radius 1 is 1.12 bits per heavy atom. The highest BCUT2D eigenvalue weighted by Crippen LogP contribution is 2.22. The van der Waals surface area contributed by atoms with Gasteiger partial charge >= 0.3 is 0 Å². The predicted octanol–water partition coefficient (Wildman–Crippen LogP) is 2.55. The number of hydrogen-bond acceptors (Lipinski definition) is 3. The van der Waals surface area contributed by atoms with Gasteiger partial charge in [0.25, 0.3) is 0 Å². The summed E-state index contributed by atoms with van der Waals surface area (Å²) >= 11 is 3.46. The van der Waals surface area contributed by atoms with E-state index in [1.807, 2.05) is 30.3 Å². The van der Waals surface area contributed by atoms with E-state index in [0.717, 1.165) is 21.5 Å². The van der Waals surface area contributed by atoms with Crippen LogP contribution in [0.5, 0.6) is 0 Å². The summed E-state index contributed by atoms with van der Waals surface area (Å²) in [5.74, 6) is 0. The average Bonchev–Trinajstić information content (AvgIpc) is 2.79. The molecule has 0 radical (unpaired) electrons. The van der Waals surface area contributed by atoms with E-state index in [-0.39, 0.29) is 0 Å². The summed E-state index contributed by atoms with van der Waals surface area (Å²) in [7, 11) is 0. The highest BCUT2D eigenvalue weighted by atomic mass is 79.9. The molecule has 0 aliphatic rings. The van der Waals surface area contributed by atoms with Crippen molar-refractivity contribution >= 4 is 21.6 Å². The Balaban J connectivity index is 2.25. The van der Waals surface area contributed by atoms with E-state index in [9.17, 15) is 0 Å². The van der Waals surface area contributed by atoms with Gasteiger partial charge in [0.05, 0.1) is 5.69 Å². The summed E-state index contributed by atoms with van der Waals surface area (Å²) in [6.45, 7) is 0. The van der Waals surface area contributed by atoms with Gasteiger partial charge < -0.3 is 0 Å². The van der Waals surface area contributed by atoms with Crippen molar-refractivity contribution in [2.24, 2.45) is 0 Å². The molecule has 3 aromatic heterocycles. The van der Waals surface area contributed by atoms with Crippen LogP contribution in [0.2, 0.25) is 0 Å². The van der Waals surface area contributed by atoms with Gasteiger partial charge in [-0.25, -0.2) is 9.50 Å². The second-order valence-electron chi connectivity index (χ2n) is 3.31. The van der Waals surface area contributed by atoms with Gasteiger partial charge in [0.2, 0.25) is 0 Å². The number of rotatable bonds is 1. The number of hydrogen-bond donors (Lipinski definition) is 0. The highest BCUT2D eigenvalue weighted by molar-refractivity contribution is 9.10. The van der Waals surface area contributed by atoms with Gasteiger partial charge in [0, 0.05) is 11.8 Å². The van der Waals surface area contributed by atoms with Gasteiger partial charge in [0.15, 0.2) is 5.65 Å². The molecular formula is C11H7BrN4. The molecule has 4 nitrogen and oxygen atoms in total. The van der Waals surface area contributed by atoms with Crippen LogP contribution in [-0.2, 0) is 0 Å². The summed E-state index contributed by atoms with van der Waals surface area (Å²) in [6.07, 6.45) is 3.31. The summed E-state index contributed by atoms with van der Waals surface area (Å²) < 4.78 is 2.59. The lowest BCUT2D eigenvalue weighted by Gasteiger charge is -2.02. The summed E-state index contributed by atoms with van der Waals surface area (Å²) in [5, 5.41) is 4.09. The van der Waals surface area contributed by atoms with Crippen LogP contribution >= 0.6 is 15.9 Å². The minimum atomic E-state index is 0.801. The maximum absolute atomic E-state index is 4.30. The van der Waals surface area contributed by atoms with E-state index < -0.39 is 0 Å². The molecule has 0 spiro atoms. The average molecular weight is 275 g/mol. The van der Waals surface area contributed by atoms with Crippen LogP contribution in [-0.4, -0.2) is 19.6 Å². The maximum Gasteiger partial charge on any atom is 0.157 e. The van der Waals surface area contributed by atoms with Crippen molar-refractivity contribution in [2.75, 3.05) is 0 Å². The van der Waals surface area contributed by atoms with E-state index in [1.54, 1.807) is 10.7 Å². The summed E-state index contributed by atoms with van der Waals surface area (Å²) in [6, 6.07) is 9.76. The molecule has 3 aromatic rings. The highest BCUT2D eigenvalue weighted by Gasteiger charge is 2.05. The summed E-state index contributed by atoms with van der Waals surface area (Å²) in [4.78, 5) is 8.46. The molecule has 16 heavy (non-hydrogen) atoms.